The maximum Gasteiger partial charge on any atom is 0.271 e. The molecule has 3 aromatic rings. The van der Waals surface area contributed by atoms with Crippen molar-refractivity contribution >= 4 is 57.4 Å². The van der Waals surface area contributed by atoms with Crippen LogP contribution in [0, 0.1) is 10.1 Å². The highest BCUT2D eigenvalue weighted by Gasteiger charge is 2.11. The van der Waals surface area contributed by atoms with E-state index >= 15 is 0 Å². The second-order valence-corrected chi connectivity index (χ2v) is 5.62. The Bertz CT molecular complexity index is 956. The number of thiocarbonyl (C=S) groups is 1. The van der Waals surface area contributed by atoms with Crippen LogP contribution in [0.15, 0.2) is 42.5 Å². The van der Waals surface area contributed by atoms with Crippen LogP contribution in [0.4, 0.5) is 11.4 Å². The number of amides is 1. The lowest BCUT2D eigenvalue weighted by Gasteiger charge is -2.09. The first-order valence-electron chi connectivity index (χ1n) is 6.62. The average molecular weight is 359 g/mol. The summed E-state index contributed by atoms with van der Waals surface area (Å²) in [6, 6.07) is 10.8. The fourth-order valence-corrected chi connectivity index (χ4v) is 2.69. The SMILES string of the molecule is O=C(NC(=S)Nc1cccc([N+](=O)[O-])c1)c1ccc2nsnc2c1. The number of carbonyl (C=O) groups is 1. The highest BCUT2D eigenvalue weighted by atomic mass is 32.1. The Balaban J connectivity index is 1.68. The number of benzene rings is 2. The number of nitrogens with zero attached hydrogens (tertiary/aromatic N) is 3. The predicted octanol–water partition coefficient (Wildman–Crippen LogP) is 2.73. The number of anilines is 1. The Hall–Kier alpha value is -2.98. The van der Waals surface area contributed by atoms with Crippen LogP contribution in [0.25, 0.3) is 11.0 Å². The third-order valence-corrected chi connectivity index (χ3v) is 3.82. The summed E-state index contributed by atoms with van der Waals surface area (Å²) >= 11 is 6.13. The summed E-state index contributed by atoms with van der Waals surface area (Å²) in [5.74, 6) is -0.409. The van der Waals surface area contributed by atoms with Crippen LogP contribution in [0.2, 0.25) is 0 Å². The number of non-ortho nitro benzene ring substituents is 1. The molecule has 2 aromatic carbocycles. The van der Waals surface area contributed by atoms with Gasteiger partial charge in [-0.15, -0.1) is 0 Å². The lowest BCUT2D eigenvalue weighted by atomic mass is 10.2. The molecule has 0 fully saturated rings. The summed E-state index contributed by atoms with van der Waals surface area (Å²) in [4.78, 5) is 22.4. The maximum atomic E-state index is 12.2. The van der Waals surface area contributed by atoms with Crippen molar-refractivity contribution in [3.8, 4) is 0 Å². The van der Waals surface area contributed by atoms with Gasteiger partial charge in [-0.2, -0.15) is 8.75 Å². The third-order valence-electron chi connectivity index (χ3n) is 3.06. The van der Waals surface area contributed by atoms with E-state index in [0.29, 0.717) is 22.3 Å². The van der Waals surface area contributed by atoms with Gasteiger partial charge < -0.3 is 5.32 Å². The fourth-order valence-electron chi connectivity index (χ4n) is 1.96. The zero-order valence-corrected chi connectivity index (χ0v) is 13.6. The fraction of sp³-hybridized carbons (Fsp3) is 0. The van der Waals surface area contributed by atoms with Gasteiger partial charge in [0.15, 0.2) is 5.11 Å². The van der Waals surface area contributed by atoms with Crippen molar-refractivity contribution in [2.45, 2.75) is 0 Å². The number of nitro groups is 1. The van der Waals surface area contributed by atoms with E-state index in [-0.39, 0.29) is 10.8 Å². The summed E-state index contributed by atoms with van der Waals surface area (Å²) in [5, 5.41) is 16.0. The zero-order valence-electron chi connectivity index (χ0n) is 11.9. The summed E-state index contributed by atoms with van der Waals surface area (Å²) in [6.45, 7) is 0. The van der Waals surface area contributed by atoms with Crippen LogP contribution in [-0.2, 0) is 0 Å². The second kappa shape index (κ2) is 6.64. The highest BCUT2D eigenvalue weighted by Crippen LogP contribution is 2.17. The van der Waals surface area contributed by atoms with Crippen molar-refractivity contribution in [2.24, 2.45) is 0 Å². The van der Waals surface area contributed by atoms with Crippen molar-refractivity contribution in [1.82, 2.24) is 14.1 Å². The van der Waals surface area contributed by atoms with E-state index in [1.807, 2.05) is 0 Å². The molecule has 0 aliphatic carbocycles. The summed E-state index contributed by atoms with van der Waals surface area (Å²) < 4.78 is 8.14. The smallest absolute Gasteiger partial charge is 0.271 e. The molecule has 10 heteroatoms. The van der Waals surface area contributed by atoms with Gasteiger partial charge in [-0.1, -0.05) is 6.07 Å². The van der Waals surface area contributed by atoms with Crippen LogP contribution >= 0.6 is 23.9 Å². The van der Waals surface area contributed by atoms with E-state index in [0.717, 1.165) is 11.7 Å². The van der Waals surface area contributed by atoms with E-state index < -0.39 is 10.8 Å². The Morgan fingerprint density at radius 1 is 1.17 bits per heavy atom. The van der Waals surface area contributed by atoms with E-state index in [1.165, 1.54) is 18.2 Å². The van der Waals surface area contributed by atoms with E-state index in [9.17, 15) is 14.9 Å². The normalized spacial score (nSPS) is 10.3. The molecular formula is C14H9N5O3S2. The minimum absolute atomic E-state index is 0.0389. The minimum Gasteiger partial charge on any atom is -0.332 e. The summed E-state index contributed by atoms with van der Waals surface area (Å²) in [6.07, 6.45) is 0. The Labute approximate surface area is 145 Å². The lowest BCUT2D eigenvalue weighted by molar-refractivity contribution is -0.384. The first-order valence-corrected chi connectivity index (χ1v) is 7.76. The number of fused-ring (bicyclic) bond motifs is 1. The molecule has 0 radical (unpaired) electrons. The first-order chi connectivity index (χ1) is 11.5. The predicted molar refractivity (Wildman–Crippen MR) is 94.2 cm³/mol. The van der Waals surface area contributed by atoms with Crippen molar-refractivity contribution in [1.29, 1.82) is 0 Å². The number of carbonyl (C=O) groups excluding carboxylic acids is 1. The van der Waals surface area contributed by atoms with Crippen LogP contribution in [0.5, 0.6) is 0 Å². The van der Waals surface area contributed by atoms with Crippen molar-refractivity contribution in [2.75, 3.05) is 5.32 Å². The third kappa shape index (κ3) is 3.50. The van der Waals surface area contributed by atoms with Gasteiger partial charge in [-0.3, -0.25) is 20.2 Å². The summed E-state index contributed by atoms with van der Waals surface area (Å²) in [7, 11) is 0. The Kier molecular flexibility index (Phi) is 4.40. The van der Waals surface area contributed by atoms with Gasteiger partial charge in [-0.05, 0) is 36.5 Å². The molecule has 24 heavy (non-hydrogen) atoms. The number of hydrogen-bond donors (Lipinski definition) is 2. The van der Waals surface area contributed by atoms with Crippen LogP contribution < -0.4 is 10.6 Å². The molecule has 1 aromatic heterocycles. The Morgan fingerprint density at radius 2 is 1.96 bits per heavy atom. The molecule has 3 rings (SSSR count). The van der Waals surface area contributed by atoms with Gasteiger partial charge >= 0.3 is 0 Å². The molecule has 0 atom stereocenters. The molecule has 1 amide bonds. The van der Waals surface area contributed by atoms with E-state index in [4.69, 9.17) is 12.2 Å². The summed E-state index contributed by atoms with van der Waals surface area (Å²) in [5.41, 5.74) is 2.07. The topological polar surface area (TPSA) is 110 Å². The number of nitrogens with one attached hydrogen (secondary N) is 2. The first kappa shape index (κ1) is 15.9. The molecule has 2 N–H and O–H groups in total. The van der Waals surface area contributed by atoms with Crippen molar-refractivity contribution in [3.63, 3.8) is 0 Å². The van der Waals surface area contributed by atoms with Crippen molar-refractivity contribution < 1.29 is 9.72 Å². The van der Waals surface area contributed by atoms with Crippen LogP contribution in [0.3, 0.4) is 0 Å². The maximum absolute atomic E-state index is 12.2. The molecule has 0 aliphatic rings. The second-order valence-electron chi connectivity index (χ2n) is 4.68. The molecule has 8 nitrogen and oxygen atoms in total. The molecule has 0 saturated heterocycles. The number of nitro benzene ring substituents is 1. The van der Waals surface area contributed by atoms with Gasteiger partial charge in [0.2, 0.25) is 0 Å². The van der Waals surface area contributed by atoms with Gasteiger partial charge in [0.25, 0.3) is 11.6 Å². The van der Waals surface area contributed by atoms with Gasteiger partial charge in [-0.25, -0.2) is 0 Å². The molecule has 120 valence electrons. The number of rotatable bonds is 3. The number of aromatic nitrogens is 2. The lowest BCUT2D eigenvalue weighted by Crippen LogP contribution is -2.34. The van der Waals surface area contributed by atoms with Crippen LogP contribution in [0.1, 0.15) is 10.4 Å². The zero-order chi connectivity index (χ0) is 17.1. The quantitative estimate of drug-likeness (QED) is 0.420. The molecule has 0 aliphatic heterocycles. The van der Waals surface area contributed by atoms with E-state index in [2.05, 4.69) is 19.4 Å². The largest absolute Gasteiger partial charge is 0.332 e. The molecule has 1 heterocycles. The molecular weight excluding hydrogens is 350 g/mol. The monoisotopic (exact) mass is 359 g/mol. The highest BCUT2D eigenvalue weighted by molar-refractivity contribution is 7.80. The van der Waals surface area contributed by atoms with Gasteiger partial charge in [0.05, 0.1) is 16.7 Å². The van der Waals surface area contributed by atoms with Gasteiger partial charge in [0.1, 0.15) is 11.0 Å². The molecule has 0 spiro atoms. The Morgan fingerprint density at radius 3 is 2.75 bits per heavy atom. The minimum atomic E-state index is -0.510. The average Bonchev–Trinajstić information content (AvgIpc) is 3.02. The molecule has 0 saturated carbocycles. The number of hydrogen-bond acceptors (Lipinski definition) is 7. The standard InChI is InChI=1S/C14H9N5O3S2/c20-13(8-4-5-11-12(6-8)18-24-17-11)16-14(23)15-9-2-1-3-10(7-9)19(21)22/h1-7H,(H2,15,16,20,23). The van der Waals surface area contributed by atoms with E-state index in [1.54, 1.807) is 24.3 Å². The van der Waals surface area contributed by atoms with Crippen LogP contribution in [-0.4, -0.2) is 24.7 Å². The molecule has 0 bridgehead atoms. The molecule has 0 unspecified atom stereocenters. The van der Waals surface area contributed by atoms with Crippen molar-refractivity contribution in [3.05, 3.63) is 58.1 Å². The van der Waals surface area contributed by atoms with Gasteiger partial charge in [0, 0.05) is 23.4 Å².